The maximum Gasteiger partial charge on any atom is 0.146 e. The Balaban J connectivity index is 1.86. The molecule has 0 saturated carbocycles. The highest BCUT2D eigenvalue weighted by Gasteiger charge is 2.24. The van der Waals surface area contributed by atoms with Gasteiger partial charge in [0, 0.05) is 25.9 Å². The van der Waals surface area contributed by atoms with E-state index in [1.54, 1.807) is 7.11 Å². The molecule has 4 heteroatoms. The molecule has 1 aromatic rings. The quantitative estimate of drug-likeness (QED) is 0.813. The number of fused-ring (bicyclic) bond motifs is 1. The van der Waals surface area contributed by atoms with Gasteiger partial charge >= 0.3 is 0 Å². The topological polar surface area (TPSA) is 49.1 Å². The van der Waals surface area contributed by atoms with E-state index in [9.17, 15) is 5.26 Å². The van der Waals surface area contributed by atoms with Gasteiger partial charge in [0.25, 0.3) is 0 Å². The molecule has 1 fully saturated rings. The molecule has 1 aliphatic carbocycles. The summed E-state index contributed by atoms with van der Waals surface area (Å²) in [5, 5.41) is 9.34. The Labute approximate surface area is 114 Å². The number of aryl methyl sites for hydroxylation is 2. The Hall–Kier alpha value is -1.60. The fraction of sp³-hybridized carbons (Fsp3) is 0.600. The summed E-state index contributed by atoms with van der Waals surface area (Å²) < 4.78 is 5.39. The van der Waals surface area contributed by atoms with E-state index in [4.69, 9.17) is 9.72 Å². The highest BCUT2D eigenvalue weighted by atomic mass is 16.5. The maximum atomic E-state index is 9.34. The number of anilines is 1. The molecule has 0 unspecified atom stereocenters. The summed E-state index contributed by atoms with van der Waals surface area (Å²) in [6.07, 6.45) is 5.69. The normalized spacial score (nSPS) is 19.3. The van der Waals surface area contributed by atoms with Crippen molar-refractivity contribution in [3.05, 3.63) is 22.9 Å². The van der Waals surface area contributed by atoms with E-state index < -0.39 is 0 Å². The molecule has 2 aliphatic rings. The van der Waals surface area contributed by atoms with Crippen LogP contribution >= 0.6 is 0 Å². The van der Waals surface area contributed by atoms with Crippen molar-refractivity contribution in [2.45, 2.75) is 38.2 Å². The molecule has 1 aliphatic heterocycles. The minimum atomic E-state index is 0.358. The fourth-order valence-corrected chi connectivity index (χ4v) is 3.09. The zero-order valence-corrected chi connectivity index (χ0v) is 11.4. The Bertz CT molecular complexity index is 513. The minimum Gasteiger partial charge on any atom is -0.381 e. The lowest BCUT2D eigenvalue weighted by Gasteiger charge is -2.32. The average Bonchev–Trinajstić information content (AvgIpc) is 2.93. The number of piperidine rings is 1. The van der Waals surface area contributed by atoms with Crippen LogP contribution in [0.25, 0.3) is 0 Å². The van der Waals surface area contributed by atoms with Crippen LogP contribution in [-0.4, -0.2) is 31.3 Å². The first-order valence-electron chi connectivity index (χ1n) is 7.02. The Morgan fingerprint density at radius 1 is 1.37 bits per heavy atom. The molecule has 1 saturated heterocycles. The smallest absolute Gasteiger partial charge is 0.146 e. The summed E-state index contributed by atoms with van der Waals surface area (Å²) >= 11 is 0. The summed E-state index contributed by atoms with van der Waals surface area (Å²) in [5.41, 5.74) is 3.20. The molecule has 2 heterocycles. The number of pyridine rings is 1. The first kappa shape index (κ1) is 12.4. The number of methoxy groups -OCH3 is 1. The van der Waals surface area contributed by atoms with Gasteiger partial charge in [-0.25, -0.2) is 4.98 Å². The second-order valence-electron chi connectivity index (χ2n) is 5.35. The van der Waals surface area contributed by atoms with Gasteiger partial charge in [0.05, 0.1) is 11.7 Å². The molecule has 0 spiro atoms. The first-order chi connectivity index (χ1) is 9.31. The third-order valence-electron chi connectivity index (χ3n) is 4.23. The van der Waals surface area contributed by atoms with Crippen molar-refractivity contribution in [2.24, 2.45) is 0 Å². The summed E-state index contributed by atoms with van der Waals surface area (Å²) in [5.74, 6) is 0.887. The molecule has 19 heavy (non-hydrogen) atoms. The van der Waals surface area contributed by atoms with Gasteiger partial charge in [-0.2, -0.15) is 5.26 Å². The fourth-order valence-electron chi connectivity index (χ4n) is 3.09. The van der Waals surface area contributed by atoms with E-state index in [2.05, 4.69) is 11.0 Å². The lowest BCUT2D eigenvalue weighted by atomic mass is 10.1. The van der Waals surface area contributed by atoms with Crippen LogP contribution in [0.5, 0.6) is 0 Å². The highest BCUT2D eigenvalue weighted by molar-refractivity contribution is 5.57. The number of aromatic nitrogens is 1. The molecule has 0 aromatic carbocycles. The number of ether oxygens (including phenoxy) is 1. The Kier molecular flexibility index (Phi) is 3.39. The first-order valence-corrected chi connectivity index (χ1v) is 7.02. The molecule has 0 amide bonds. The maximum absolute atomic E-state index is 9.34. The van der Waals surface area contributed by atoms with Gasteiger partial charge < -0.3 is 9.64 Å². The van der Waals surface area contributed by atoms with Crippen molar-refractivity contribution >= 4 is 5.82 Å². The summed E-state index contributed by atoms with van der Waals surface area (Å²) in [6.45, 7) is 1.86. The van der Waals surface area contributed by atoms with E-state index in [-0.39, 0.29) is 0 Å². The summed E-state index contributed by atoms with van der Waals surface area (Å²) in [7, 11) is 1.77. The van der Waals surface area contributed by atoms with Crippen LogP contribution in [0, 0.1) is 11.3 Å². The Morgan fingerprint density at radius 3 is 2.84 bits per heavy atom. The van der Waals surface area contributed by atoms with Crippen LogP contribution in [0.4, 0.5) is 5.82 Å². The predicted octanol–water partition coefficient (Wildman–Crippen LogP) is 2.06. The molecule has 3 rings (SSSR count). The lowest BCUT2D eigenvalue weighted by molar-refractivity contribution is 0.0818. The third-order valence-corrected chi connectivity index (χ3v) is 4.23. The lowest BCUT2D eigenvalue weighted by Crippen LogP contribution is -2.37. The van der Waals surface area contributed by atoms with Crippen LogP contribution in [-0.2, 0) is 17.6 Å². The van der Waals surface area contributed by atoms with Gasteiger partial charge in [-0.3, -0.25) is 0 Å². The third kappa shape index (κ3) is 2.31. The van der Waals surface area contributed by atoms with Crippen LogP contribution in [0.1, 0.15) is 36.1 Å². The van der Waals surface area contributed by atoms with Crippen LogP contribution in [0.2, 0.25) is 0 Å². The summed E-state index contributed by atoms with van der Waals surface area (Å²) in [6, 6.07) is 4.36. The molecular weight excluding hydrogens is 238 g/mol. The van der Waals surface area contributed by atoms with Crippen molar-refractivity contribution in [1.29, 1.82) is 5.26 Å². The summed E-state index contributed by atoms with van der Waals surface area (Å²) in [4.78, 5) is 7.00. The van der Waals surface area contributed by atoms with E-state index in [1.165, 1.54) is 17.7 Å². The number of nitrogens with zero attached hydrogens (tertiary/aromatic N) is 3. The van der Waals surface area contributed by atoms with Crippen molar-refractivity contribution in [3.63, 3.8) is 0 Å². The average molecular weight is 257 g/mol. The van der Waals surface area contributed by atoms with E-state index in [0.717, 1.165) is 50.2 Å². The van der Waals surface area contributed by atoms with Crippen LogP contribution in [0.15, 0.2) is 6.07 Å². The minimum absolute atomic E-state index is 0.358. The predicted molar refractivity (Wildman–Crippen MR) is 73.2 cm³/mol. The number of hydrogen-bond acceptors (Lipinski definition) is 4. The molecule has 0 N–H and O–H groups in total. The van der Waals surface area contributed by atoms with Gasteiger partial charge in [-0.1, -0.05) is 0 Å². The second kappa shape index (κ2) is 5.18. The number of rotatable bonds is 2. The zero-order valence-electron chi connectivity index (χ0n) is 11.4. The molecule has 0 atom stereocenters. The van der Waals surface area contributed by atoms with E-state index >= 15 is 0 Å². The second-order valence-corrected chi connectivity index (χ2v) is 5.35. The molecule has 4 nitrogen and oxygen atoms in total. The molecular formula is C15H19N3O. The van der Waals surface area contributed by atoms with Gasteiger partial charge in [0.1, 0.15) is 11.9 Å². The zero-order chi connectivity index (χ0) is 13.2. The van der Waals surface area contributed by atoms with Crippen LogP contribution in [0.3, 0.4) is 0 Å². The molecule has 0 radical (unpaired) electrons. The van der Waals surface area contributed by atoms with Gasteiger partial charge in [-0.05, 0) is 43.7 Å². The van der Waals surface area contributed by atoms with Gasteiger partial charge in [-0.15, -0.1) is 0 Å². The van der Waals surface area contributed by atoms with Crippen molar-refractivity contribution < 1.29 is 4.74 Å². The van der Waals surface area contributed by atoms with Crippen molar-refractivity contribution in [1.82, 2.24) is 4.98 Å². The molecule has 100 valence electrons. The Morgan fingerprint density at radius 2 is 2.16 bits per heavy atom. The van der Waals surface area contributed by atoms with Crippen molar-refractivity contribution in [2.75, 3.05) is 25.1 Å². The molecule has 0 bridgehead atoms. The number of nitriles is 1. The number of hydrogen-bond donors (Lipinski definition) is 0. The SMILES string of the molecule is COC1CCN(c2nc3c(cc2C#N)CCC3)CC1. The van der Waals surface area contributed by atoms with Crippen molar-refractivity contribution in [3.8, 4) is 6.07 Å². The van der Waals surface area contributed by atoms with E-state index in [0.29, 0.717) is 6.10 Å². The standard InChI is InChI=1S/C15H19N3O/c1-19-13-5-7-18(8-6-13)15-12(10-16)9-11-3-2-4-14(11)17-15/h9,13H,2-8H2,1H3. The van der Waals surface area contributed by atoms with Gasteiger partial charge in [0.15, 0.2) is 0 Å². The monoisotopic (exact) mass is 257 g/mol. The van der Waals surface area contributed by atoms with Crippen LogP contribution < -0.4 is 4.90 Å². The highest BCUT2D eigenvalue weighted by Crippen LogP contribution is 2.28. The molecule has 1 aromatic heterocycles. The van der Waals surface area contributed by atoms with Gasteiger partial charge in [0.2, 0.25) is 0 Å². The van der Waals surface area contributed by atoms with E-state index in [1.807, 2.05) is 6.07 Å². The largest absolute Gasteiger partial charge is 0.381 e.